The first-order valence-corrected chi connectivity index (χ1v) is 12.0. The molecular weight excluding hydrogens is 434 g/mol. The summed E-state index contributed by atoms with van der Waals surface area (Å²) >= 11 is 2.44. The van der Waals surface area contributed by atoms with Crippen molar-refractivity contribution in [2.75, 3.05) is 26.1 Å². The summed E-state index contributed by atoms with van der Waals surface area (Å²) in [6.45, 7) is 0.326. The third-order valence-electron chi connectivity index (χ3n) is 4.69. The molecule has 1 saturated heterocycles. The Morgan fingerprint density at radius 2 is 2.03 bits per heavy atom. The van der Waals surface area contributed by atoms with E-state index in [2.05, 4.69) is 10.3 Å². The summed E-state index contributed by atoms with van der Waals surface area (Å²) in [5.74, 6) is 0.748. The quantitative estimate of drug-likeness (QED) is 0.616. The van der Waals surface area contributed by atoms with E-state index < -0.39 is 16.1 Å². The number of nitrogens with zero attached hydrogens (tertiary/aromatic N) is 2. The Morgan fingerprint density at radius 3 is 2.72 bits per heavy atom. The number of fused-ring (bicyclic) bond motifs is 1. The number of thiazole rings is 1. The summed E-state index contributed by atoms with van der Waals surface area (Å²) in [6.07, 6.45) is 1.11. The molecule has 1 aromatic carbocycles. The van der Waals surface area contributed by atoms with Gasteiger partial charge in [-0.25, -0.2) is 13.4 Å². The Bertz CT molecular complexity index is 1100. The van der Waals surface area contributed by atoms with Gasteiger partial charge in [0.05, 0.1) is 24.4 Å². The summed E-state index contributed by atoms with van der Waals surface area (Å²) in [5.41, 5.74) is 0.664. The molecule has 154 valence electrons. The fourth-order valence-corrected chi connectivity index (χ4v) is 6.97. The molecule has 2 aromatic heterocycles. The molecular formula is C18H19N3O5S3. The number of thiophene rings is 1. The Labute approximate surface area is 176 Å². The van der Waals surface area contributed by atoms with Gasteiger partial charge in [-0.05, 0) is 24.3 Å². The van der Waals surface area contributed by atoms with Crippen LogP contribution >= 0.6 is 22.7 Å². The van der Waals surface area contributed by atoms with E-state index in [-0.39, 0.29) is 10.1 Å². The molecule has 3 aromatic rings. The number of carbonyl (C=O) groups is 1. The summed E-state index contributed by atoms with van der Waals surface area (Å²) < 4.78 is 38.7. The van der Waals surface area contributed by atoms with Crippen molar-refractivity contribution < 1.29 is 22.7 Å². The number of hydrogen-bond donors (Lipinski definition) is 1. The highest BCUT2D eigenvalue weighted by atomic mass is 32.2. The van der Waals surface area contributed by atoms with Crippen LogP contribution in [0.2, 0.25) is 0 Å². The number of ether oxygens (including phenoxy) is 2. The molecule has 0 radical (unpaired) electrons. The number of benzene rings is 1. The molecule has 8 nitrogen and oxygen atoms in total. The molecule has 0 spiro atoms. The number of anilines is 1. The third kappa shape index (κ3) is 3.70. The van der Waals surface area contributed by atoms with E-state index in [1.54, 1.807) is 43.9 Å². The van der Waals surface area contributed by atoms with Crippen molar-refractivity contribution in [3.05, 3.63) is 29.6 Å². The molecule has 3 heterocycles. The van der Waals surface area contributed by atoms with Gasteiger partial charge in [0, 0.05) is 18.7 Å². The average molecular weight is 454 g/mol. The van der Waals surface area contributed by atoms with Crippen molar-refractivity contribution in [2.45, 2.75) is 23.1 Å². The first-order valence-electron chi connectivity index (χ1n) is 8.83. The van der Waals surface area contributed by atoms with Crippen molar-refractivity contribution in [1.82, 2.24) is 9.29 Å². The summed E-state index contributed by atoms with van der Waals surface area (Å²) in [6, 6.07) is 6.03. The van der Waals surface area contributed by atoms with Crippen molar-refractivity contribution in [3.8, 4) is 11.5 Å². The van der Waals surface area contributed by atoms with Gasteiger partial charge in [0.15, 0.2) is 16.6 Å². The van der Waals surface area contributed by atoms with Crippen molar-refractivity contribution in [3.63, 3.8) is 0 Å². The molecule has 1 aliphatic rings. The van der Waals surface area contributed by atoms with Crippen LogP contribution in [0.25, 0.3) is 10.2 Å². The molecule has 1 atom stereocenters. The lowest BCUT2D eigenvalue weighted by Gasteiger charge is -2.22. The number of rotatable bonds is 6. The van der Waals surface area contributed by atoms with Crippen molar-refractivity contribution in [2.24, 2.45) is 0 Å². The van der Waals surface area contributed by atoms with Gasteiger partial charge in [-0.3, -0.25) is 4.79 Å². The zero-order chi connectivity index (χ0) is 20.6. The average Bonchev–Trinajstić information content (AvgIpc) is 3.46. The lowest BCUT2D eigenvalue weighted by atomic mass is 10.2. The molecule has 1 N–H and O–H groups in total. The van der Waals surface area contributed by atoms with Crippen LogP contribution in [0, 0.1) is 0 Å². The number of sulfonamides is 1. The smallest absolute Gasteiger partial charge is 0.253 e. The maximum atomic E-state index is 12.9. The van der Waals surface area contributed by atoms with Crippen LogP contribution in [0.4, 0.5) is 5.13 Å². The van der Waals surface area contributed by atoms with Crippen molar-refractivity contribution in [1.29, 1.82) is 0 Å². The van der Waals surface area contributed by atoms with E-state index in [4.69, 9.17) is 9.47 Å². The first-order chi connectivity index (χ1) is 13.9. The van der Waals surface area contributed by atoms with E-state index in [1.165, 1.54) is 15.6 Å². The van der Waals surface area contributed by atoms with Gasteiger partial charge in [0.25, 0.3) is 10.0 Å². The first kappa shape index (κ1) is 20.1. The normalized spacial score (nSPS) is 17.5. The fraction of sp³-hybridized carbons (Fsp3) is 0.333. The monoisotopic (exact) mass is 453 g/mol. The minimum atomic E-state index is -3.68. The van der Waals surface area contributed by atoms with Crippen LogP contribution in [0.1, 0.15) is 12.8 Å². The molecule has 11 heteroatoms. The second-order valence-corrected chi connectivity index (χ2v) is 10.5. The lowest BCUT2D eigenvalue weighted by molar-refractivity contribution is -0.119. The minimum absolute atomic E-state index is 0.247. The molecule has 0 aliphatic carbocycles. The summed E-state index contributed by atoms with van der Waals surface area (Å²) in [5, 5.41) is 4.89. The van der Waals surface area contributed by atoms with Gasteiger partial charge in [0.1, 0.15) is 10.3 Å². The Kier molecular flexibility index (Phi) is 5.47. The van der Waals surface area contributed by atoms with Crippen LogP contribution in [0.15, 0.2) is 33.9 Å². The van der Waals surface area contributed by atoms with Gasteiger partial charge < -0.3 is 14.8 Å². The van der Waals surface area contributed by atoms with E-state index in [9.17, 15) is 13.2 Å². The van der Waals surface area contributed by atoms with Gasteiger partial charge in [-0.15, -0.1) is 11.3 Å². The summed E-state index contributed by atoms with van der Waals surface area (Å²) in [7, 11) is -0.589. The zero-order valence-corrected chi connectivity index (χ0v) is 18.2. The molecule has 1 fully saturated rings. The number of hydrogen-bond acceptors (Lipinski definition) is 8. The van der Waals surface area contributed by atoms with E-state index in [1.807, 2.05) is 0 Å². The third-order valence-corrected chi connectivity index (χ3v) is 8.90. The standard InChI is InChI=1S/C18H19N3O5S3/c1-25-13-9-11-15(10-14(13)26-2)28-18(19-11)20-17(22)12-5-3-7-21(12)29(23,24)16-6-4-8-27-16/h4,6,8-10,12H,3,5,7H2,1-2H3,(H,19,20,22). The summed E-state index contributed by atoms with van der Waals surface area (Å²) in [4.78, 5) is 17.3. The number of nitrogens with one attached hydrogen (secondary N) is 1. The largest absolute Gasteiger partial charge is 0.493 e. The van der Waals surface area contributed by atoms with Crippen LogP contribution < -0.4 is 14.8 Å². The van der Waals surface area contributed by atoms with Gasteiger partial charge >= 0.3 is 0 Å². The lowest BCUT2D eigenvalue weighted by Crippen LogP contribution is -2.42. The second-order valence-electron chi connectivity index (χ2n) is 6.39. The topological polar surface area (TPSA) is 97.8 Å². The molecule has 4 rings (SSSR count). The molecule has 1 amide bonds. The predicted octanol–water partition coefficient (Wildman–Crippen LogP) is 3.17. The number of aromatic nitrogens is 1. The molecule has 1 unspecified atom stereocenters. The molecule has 0 saturated carbocycles. The Morgan fingerprint density at radius 1 is 1.28 bits per heavy atom. The zero-order valence-electron chi connectivity index (χ0n) is 15.7. The van der Waals surface area contributed by atoms with Gasteiger partial charge in [-0.1, -0.05) is 17.4 Å². The van der Waals surface area contributed by atoms with Gasteiger partial charge in [0.2, 0.25) is 5.91 Å². The van der Waals surface area contributed by atoms with Crippen LogP contribution in [0.5, 0.6) is 11.5 Å². The fourth-order valence-electron chi connectivity index (χ4n) is 3.31. The Balaban J connectivity index is 1.57. The van der Waals surface area contributed by atoms with Crippen LogP contribution in [-0.2, 0) is 14.8 Å². The SMILES string of the molecule is COc1cc2nc(NC(=O)C3CCCN3S(=O)(=O)c3cccs3)sc2cc1OC. The highest BCUT2D eigenvalue weighted by molar-refractivity contribution is 7.91. The second kappa shape index (κ2) is 7.90. The van der Waals surface area contributed by atoms with E-state index in [0.717, 1.165) is 16.0 Å². The number of carbonyl (C=O) groups excluding carboxylic acids is 1. The minimum Gasteiger partial charge on any atom is -0.493 e. The predicted molar refractivity (Wildman–Crippen MR) is 113 cm³/mol. The maximum absolute atomic E-state index is 12.9. The molecule has 1 aliphatic heterocycles. The van der Waals surface area contributed by atoms with Gasteiger partial charge in [-0.2, -0.15) is 4.31 Å². The maximum Gasteiger partial charge on any atom is 0.253 e. The Hall–Kier alpha value is -2.21. The van der Waals surface area contributed by atoms with E-state index in [0.29, 0.717) is 41.5 Å². The van der Waals surface area contributed by atoms with Crippen molar-refractivity contribution >= 4 is 54.0 Å². The highest BCUT2D eigenvalue weighted by Crippen LogP contribution is 2.36. The van der Waals surface area contributed by atoms with Crippen LogP contribution in [0.3, 0.4) is 0 Å². The van der Waals surface area contributed by atoms with Crippen LogP contribution in [-0.4, -0.2) is 50.4 Å². The number of amides is 1. The molecule has 0 bridgehead atoms. The van der Waals surface area contributed by atoms with E-state index >= 15 is 0 Å². The molecule has 29 heavy (non-hydrogen) atoms. The number of methoxy groups -OCH3 is 2. The highest BCUT2D eigenvalue weighted by Gasteiger charge is 2.40.